The van der Waals surface area contributed by atoms with Gasteiger partial charge in [-0.15, -0.1) is 11.3 Å². The van der Waals surface area contributed by atoms with Gasteiger partial charge in [-0.3, -0.25) is 0 Å². The zero-order chi connectivity index (χ0) is 11.8. The van der Waals surface area contributed by atoms with E-state index < -0.39 is 0 Å². The third-order valence-corrected chi connectivity index (χ3v) is 4.82. The van der Waals surface area contributed by atoms with Crippen molar-refractivity contribution in [1.29, 1.82) is 0 Å². The van der Waals surface area contributed by atoms with E-state index >= 15 is 0 Å². The molecule has 0 amide bonds. The Morgan fingerprint density at radius 3 is 3.12 bits per heavy atom. The van der Waals surface area contributed by atoms with Gasteiger partial charge in [-0.05, 0) is 13.0 Å². The number of fused-ring (bicyclic) bond motifs is 1. The summed E-state index contributed by atoms with van der Waals surface area (Å²) in [5.41, 5.74) is 0. The molecule has 0 radical (unpaired) electrons. The Morgan fingerprint density at radius 2 is 2.35 bits per heavy atom. The van der Waals surface area contributed by atoms with Crippen molar-refractivity contribution in [2.24, 2.45) is 0 Å². The van der Waals surface area contributed by atoms with E-state index in [1.165, 1.54) is 4.88 Å². The minimum atomic E-state index is -0.0157. The van der Waals surface area contributed by atoms with Crippen LogP contribution in [0.1, 0.15) is 16.8 Å². The average molecular weight is 287 g/mol. The minimum Gasteiger partial charge on any atom is -0.368 e. The van der Waals surface area contributed by atoms with Crippen LogP contribution >= 0.6 is 34.7 Å². The predicted molar refractivity (Wildman–Crippen MR) is 73.2 cm³/mol. The number of thiophene rings is 1. The standard InChI is InChI=1S/C11H11ClN2OS2/c1-6-4-7-9(12)13-10(14-11(7)17-6)8-5-16-3-2-15-8/h4,8H,2-3,5H2,1H3. The van der Waals surface area contributed by atoms with Crippen molar-refractivity contribution < 1.29 is 4.74 Å². The lowest BCUT2D eigenvalue weighted by Crippen LogP contribution is -2.18. The largest absolute Gasteiger partial charge is 0.368 e. The Hall–Kier alpha value is -0.360. The maximum Gasteiger partial charge on any atom is 0.161 e. The molecule has 1 aliphatic rings. The Balaban J connectivity index is 2.04. The Labute approximate surface area is 113 Å². The smallest absolute Gasteiger partial charge is 0.161 e. The molecule has 1 unspecified atom stereocenters. The number of nitrogens with zero attached hydrogens (tertiary/aromatic N) is 2. The second-order valence-electron chi connectivity index (χ2n) is 3.88. The third kappa shape index (κ3) is 2.29. The van der Waals surface area contributed by atoms with Crippen LogP contribution in [0.2, 0.25) is 5.15 Å². The maximum absolute atomic E-state index is 6.19. The molecule has 0 spiro atoms. The first-order valence-electron chi connectivity index (χ1n) is 5.37. The first kappa shape index (κ1) is 11.7. The number of rotatable bonds is 1. The van der Waals surface area contributed by atoms with Crippen molar-refractivity contribution >= 4 is 44.9 Å². The molecular weight excluding hydrogens is 276 g/mol. The number of ether oxygens (including phenoxy) is 1. The van der Waals surface area contributed by atoms with Gasteiger partial charge in [0.2, 0.25) is 0 Å². The molecular formula is C11H11ClN2OS2. The molecule has 2 aromatic rings. The van der Waals surface area contributed by atoms with Gasteiger partial charge in [-0.1, -0.05) is 11.6 Å². The zero-order valence-electron chi connectivity index (χ0n) is 9.27. The summed E-state index contributed by atoms with van der Waals surface area (Å²) >= 11 is 9.70. The van der Waals surface area contributed by atoms with E-state index in [0.717, 1.165) is 34.2 Å². The van der Waals surface area contributed by atoms with Crippen LogP contribution in [0.25, 0.3) is 10.2 Å². The normalized spacial score (nSPS) is 20.9. The molecule has 2 aromatic heterocycles. The molecule has 90 valence electrons. The molecule has 1 fully saturated rings. The summed E-state index contributed by atoms with van der Waals surface area (Å²) < 4.78 is 5.67. The molecule has 0 N–H and O–H groups in total. The number of thioether (sulfide) groups is 1. The lowest BCUT2D eigenvalue weighted by atomic mass is 10.3. The van der Waals surface area contributed by atoms with Crippen molar-refractivity contribution in [2.75, 3.05) is 18.1 Å². The summed E-state index contributed by atoms with van der Waals surface area (Å²) in [6, 6.07) is 2.03. The van der Waals surface area contributed by atoms with Gasteiger partial charge in [0.05, 0.1) is 6.61 Å². The average Bonchev–Trinajstić information content (AvgIpc) is 2.71. The highest BCUT2D eigenvalue weighted by atomic mass is 35.5. The molecule has 0 saturated carbocycles. The number of hydrogen-bond donors (Lipinski definition) is 0. The molecule has 0 aliphatic carbocycles. The SMILES string of the molecule is Cc1cc2c(Cl)nc(C3CSCCO3)nc2s1. The van der Waals surface area contributed by atoms with Crippen molar-refractivity contribution in [3.8, 4) is 0 Å². The highest BCUT2D eigenvalue weighted by molar-refractivity contribution is 7.99. The lowest BCUT2D eigenvalue weighted by Gasteiger charge is -2.20. The fraction of sp³-hybridized carbons (Fsp3) is 0.455. The van der Waals surface area contributed by atoms with Gasteiger partial charge < -0.3 is 4.74 Å². The van der Waals surface area contributed by atoms with Crippen LogP contribution in [-0.2, 0) is 4.74 Å². The summed E-state index contributed by atoms with van der Waals surface area (Å²) in [6.45, 7) is 2.81. The number of aryl methyl sites for hydroxylation is 1. The summed E-state index contributed by atoms with van der Waals surface area (Å²) in [5.74, 6) is 2.67. The first-order chi connectivity index (χ1) is 8.24. The van der Waals surface area contributed by atoms with Crippen LogP contribution in [0, 0.1) is 6.92 Å². The van der Waals surface area contributed by atoms with Gasteiger partial charge in [-0.25, -0.2) is 9.97 Å². The topological polar surface area (TPSA) is 35.0 Å². The van der Waals surface area contributed by atoms with Crippen LogP contribution < -0.4 is 0 Å². The van der Waals surface area contributed by atoms with Gasteiger partial charge >= 0.3 is 0 Å². The lowest BCUT2D eigenvalue weighted by molar-refractivity contribution is 0.0697. The predicted octanol–water partition coefficient (Wildman–Crippen LogP) is 3.46. The van der Waals surface area contributed by atoms with Gasteiger partial charge in [0.15, 0.2) is 5.82 Å². The minimum absolute atomic E-state index is 0.0157. The monoisotopic (exact) mass is 286 g/mol. The molecule has 1 saturated heterocycles. The molecule has 1 atom stereocenters. The van der Waals surface area contributed by atoms with Gasteiger partial charge in [-0.2, -0.15) is 11.8 Å². The van der Waals surface area contributed by atoms with Crippen LogP contribution in [0.15, 0.2) is 6.07 Å². The molecule has 0 aromatic carbocycles. The quantitative estimate of drug-likeness (QED) is 0.752. The van der Waals surface area contributed by atoms with Crippen molar-refractivity contribution in [3.63, 3.8) is 0 Å². The molecule has 3 rings (SSSR count). The van der Waals surface area contributed by atoms with Crippen LogP contribution in [-0.4, -0.2) is 28.1 Å². The van der Waals surface area contributed by atoms with E-state index in [-0.39, 0.29) is 6.10 Å². The highest BCUT2D eigenvalue weighted by Gasteiger charge is 2.21. The van der Waals surface area contributed by atoms with Crippen molar-refractivity contribution in [2.45, 2.75) is 13.0 Å². The van der Waals surface area contributed by atoms with Gasteiger partial charge in [0, 0.05) is 21.8 Å². The Bertz CT molecular complexity index is 552. The van der Waals surface area contributed by atoms with Crippen LogP contribution in [0.5, 0.6) is 0 Å². The molecule has 1 aliphatic heterocycles. The number of aromatic nitrogens is 2. The number of hydrogen-bond acceptors (Lipinski definition) is 5. The van der Waals surface area contributed by atoms with E-state index in [4.69, 9.17) is 16.3 Å². The van der Waals surface area contributed by atoms with E-state index in [2.05, 4.69) is 16.9 Å². The first-order valence-corrected chi connectivity index (χ1v) is 7.72. The second kappa shape index (κ2) is 4.72. The summed E-state index contributed by atoms with van der Waals surface area (Å²) in [7, 11) is 0. The molecule has 6 heteroatoms. The fourth-order valence-corrected chi connectivity index (χ4v) is 3.82. The maximum atomic E-state index is 6.19. The van der Waals surface area contributed by atoms with E-state index in [0.29, 0.717) is 5.15 Å². The third-order valence-electron chi connectivity index (χ3n) is 2.59. The fourth-order valence-electron chi connectivity index (χ4n) is 1.80. The number of halogens is 1. The second-order valence-corrected chi connectivity index (χ2v) is 6.63. The van der Waals surface area contributed by atoms with Crippen LogP contribution in [0.4, 0.5) is 0 Å². The summed E-state index contributed by atoms with van der Waals surface area (Å²) in [5, 5.41) is 1.48. The van der Waals surface area contributed by atoms with Gasteiger partial charge in [0.25, 0.3) is 0 Å². The summed E-state index contributed by atoms with van der Waals surface area (Å²) in [4.78, 5) is 11.1. The van der Waals surface area contributed by atoms with E-state index in [1.54, 1.807) is 11.3 Å². The summed E-state index contributed by atoms with van der Waals surface area (Å²) in [6.07, 6.45) is -0.0157. The molecule has 3 nitrogen and oxygen atoms in total. The van der Waals surface area contributed by atoms with Gasteiger partial charge in [0.1, 0.15) is 16.1 Å². The molecule has 3 heterocycles. The Morgan fingerprint density at radius 1 is 1.47 bits per heavy atom. The zero-order valence-corrected chi connectivity index (χ0v) is 11.7. The van der Waals surface area contributed by atoms with Crippen molar-refractivity contribution in [1.82, 2.24) is 9.97 Å². The van der Waals surface area contributed by atoms with Crippen molar-refractivity contribution in [3.05, 3.63) is 21.9 Å². The Kier molecular flexibility index (Phi) is 3.25. The molecule has 17 heavy (non-hydrogen) atoms. The van der Waals surface area contributed by atoms with E-state index in [1.807, 2.05) is 17.8 Å². The highest BCUT2D eigenvalue weighted by Crippen LogP contribution is 2.31. The van der Waals surface area contributed by atoms with E-state index in [9.17, 15) is 0 Å². The van der Waals surface area contributed by atoms with Crippen LogP contribution in [0.3, 0.4) is 0 Å². The molecule has 0 bridgehead atoms.